The minimum Gasteiger partial charge on any atom is -0.324 e. The zero-order valence-electron chi connectivity index (χ0n) is 13.6. The van der Waals surface area contributed by atoms with Gasteiger partial charge in [-0.3, -0.25) is 0 Å². The van der Waals surface area contributed by atoms with Crippen LogP contribution in [-0.2, 0) is 0 Å². The SMILES string of the molecule is Cc1ccc(C(N)CCN(C)C2CCCCC2C)cc1F. The molecule has 0 amide bonds. The third kappa shape index (κ3) is 4.27. The molecule has 0 heterocycles. The van der Waals surface area contributed by atoms with E-state index < -0.39 is 0 Å². The van der Waals surface area contributed by atoms with E-state index in [0.29, 0.717) is 11.6 Å². The Morgan fingerprint density at radius 3 is 2.71 bits per heavy atom. The minimum atomic E-state index is -0.155. The predicted octanol–water partition coefficient (Wildman–Crippen LogP) is 4.03. The monoisotopic (exact) mass is 292 g/mol. The van der Waals surface area contributed by atoms with E-state index in [4.69, 9.17) is 5.73 Å². The van der Waals surface area contributed by atoms with Gasteiger partial charge in [0.25, 0.3) is 0 Å². The highest BCUT2D eigenvalue weighted by molar-refractivity contribution is 5.25. The van der Waals surface area contributed by atoms with Crippen LogP contribution in [-0.4, -0.2) is 24.5 Å². The Kier molecular flexibility index (Phi) is 5.77. The van der Waals surface area contributed by atoms with Crippen molar-refractivity contribution in [3.63, 3.8) is 0 Å². The van der Waals surface area contributed by atoms with Crippen molar-refractivity contribution in [2.45, 2.75) is 58.0 Å². The fourth-order valence-corrected chi connectivity index (χ4v) is 3.47. The Morgan fingerprint density at radius 1 is 1.33 bits per heavy atom. The molecule has 118 valence electrons. The second kappa shape index (κ2) is 7.37. The first-order chi connectivity index (χ1) is 9.99. The highest BCUT2D eigenvalue weighted by Crippen LogP contribution is 2.28. The molecule has 3 heteroatoms. The fourth-order valence-electron chi connectivity index (χ4n) is 3.47. The normalized spacial score (nSPS) is 24.3. The number of benzene rings is 1. The Morgan fingerprint density at radius 2 is 2.05 bits per heavy atom. The number of halogens is 1. The number of nitrogens with zero attached hydrogens (tertiary/aromatic N) is 1. The molecule has 1 saturated carbocycles. The van der Waals surface area contributed by atoms with Crippen molar-refractivity contribution < 1.29 is 4.39 Å². The molecule has 0 radical (unpaired) electrons. The molecule has 2 rings (SSSR count). The first-order valence-corrected chi connectivity index (χ1v) is 8.21. The Bertz CT molecular complexity index is 461. The van der Waals surface area contributed by atoms with E-state index in [-0.39, 0.29) is 11.9 Å². The van der Waals surface area contributed by atoms with Crippen LogP contribution in [0.2, 0.25) is 0 Å². The molecule has 1 aliphatic carbocycles. The van der Waals surface area contributed by atoms with Crippen molar-refractivity contribution in [1.82, 2.24) is 4.90 Å². The molecule has 0 aliphatic heterocycles. The third-order valence-corrected chi connectivity index (χ3v) is 5.05. The smallest absolute Gasteiger partial charge is 0.126 e. The second-order valence-corrected chi connectivity index (χ2v) is 6.71. The Hall–Kier alpha value is -0.930. The molecule has 3 atom stereocenters. The van der Waals surface area contributed by atoms with Crippen LogP contribution in [0, 0.1) is 18.7 Å². The van der Waals surface area contributed by atoms with Gasteiger partial charge in [-0.1, -0.05) is 31.9 Å². The molecular formula is C18H29FN2. The summed E-state index contributed by atoms with van der Waals surface area (Å²) >= 11 is 0. The van der Waals surface area contributed by atoms with Gasteiger partial charge in [0, 0.05) is 12.1 Å². The van der Waals surface area contributed by atoms with Crippen molar-refractivity contribution in [2.24, 2.45) is 11.7 Å². The van der Waals surface area contributed by atoms with Gasteiger partial charge in [-0.2, -0.15) is 0 Å². The van der Waals surface area contributed by atoms with E-state index in [1.54, 1.807) is 13.0 Å². The lowest BCUT2D eigenvalue weighted by molar-refractivity contribution is 0.136. The van der Waals surface area contributed by atoms with Crippen LogP contribution in [0.25, 0.3) is 0 Å². The van der Waals surface area contributed by atoms with Gasteiger partial charge in [-0.15, -0.1) is 0 Å². The number of nitrogens with two attached hydrogens (primary N) is 1. The van der Waals surface area contributed by atoms with Crippen LogP contribution in [0.15, 0.2) is 18.2 Å². The van der Waals surface area contributed by atoms with Crippen LogP contribution in [0.5, 0.6) is 0 Å². The number of rotatable bonds is 5. The van der Waals surface area contributed by atoms with Gasteiger partial charge >= 0.3 is 0 Å². The maximum absolute atomic E-state index is 13.6. The molecule has 1 fully saturated rings. The summed E-state index contributed by atoms with van der Waals surface area (Å²) in [5.74, 6) is 0.619. The summed E-state index contributed by atoms with van der Waals surface area (Å²) in [6.45, 7) is 5.12. The summed E-state index contributed by atoms with van der Waals surface area (Å²) in [5, 5.41) is 0. The van der Waals surface area contributed by atoms with E-state index in [0.717, 1.165) is 24.4 Å². The molecule has 2 N–H and O–H groups in total. The summed E-state index contributed by atoms with van der Waals surface area (Å²) in [6, 6.07) is 5.95. The van der Waals surface area contributed by atoms with E-state index in [1.165, 1.54) is 25.7 Å². The van der Waals surface area contributed by atoms with Crippen molar-refractivity contribution in [3.8, 4) is 0 Å². The largest absolute Gasteiger partial charge is 0.324 e. The minimum absolute atomic E-state index is 0.0820. The molecule has 0 spiro atoms. The van der Waals surface area contributed by atoms with Gasteiger partial charge in [0.05, 0.1) is 0 Å². The highest BCUT2D eigenvalue weighted by Gasteiger charge is 2.24. The third-order valence-electron chi connectivity index (χ3n) is 5.05. The summed E-state index contributed by atoms with van der Waals surface area (Å²) in [4.78, 5) is 2.45. The van der Waals surface area contributed by atoms with Crippen LogP contribution in [0.4, 0.5) is 4.39 Å². The lowest BCUT2D eigenvalue weighted by Gasteiger charge is -2.36. The fraction of sp³-hybridized carbons (Fsp3) is 0.667. The summed E-state index contributed by atoms with van der Waals surface area (Å²) in [7, 11) is 2.20. The molecule has 21 heavy (non-hydrogen) atoms. The maximum atomic E-state index is 13.6. The summed E-state index contributed by atoms with van der Waals surface area (Å²) < 4.78 is 13.6. The van der Waals surface area contributed by atoms with Crippen molar-refractivity contribution >= 4 is 0 Å². The van der Waals surface area contributed by atoms with E-state index >= 15 is 0 Å². The van der Waals surface area contributed by atoms with E-state index in [9.17, 15) is 4.39 Å². The van der Waals surface area contributed by atoms with Crippen molar-refractivity contribution in [2.75, 3.05) is 13.6 Å². The molecular weight excluding hydrogens is 263 g/mol. The van der Waals surface area contributed by atoms with Gasteiger partial charge in [-0.05, 0) is 62.9 Å². The van der Waals surface area contributed by atoms with Crippen molar-refractivity contribution in [3.05, 3.63) is 35.1 Å². The Labute approximate surface area is 128 Å². The number of aryl methyl sites for hydroxylation is 1. The second-order valence-electron chi connectivity index (χ2n) is 6.71. The van der Waals surface area contributed by atoms with E-state index in [1.807, 2.05) is 12.1 Å². The highest BCUT2D eigenvalue weighted by atomic mass is 19.1. The van der Waals surface area contributed by atoms with Gasteiger partial charge < -0.3 is 10.6 Å². The molecule has 2 nitrogen and oxygen atoms in total. The summed E-state index contributed by atoms with van der Waals surface area (Å²) in [6.07, 6.45) is 6.22. The molecule has 1 aliphatic rings. The molecule has 1 aromatic rings. The van der Waals surface area contributed by atoms with Gasteiger partial charge in [-0.25, -0.2) is 4.39 Å². The first kappa shape index (κ1) is 16.4. The average Bonchev–Trinajstić information content (AvgIpc) is 2.47. The molecule has 1 aromatic carbocycles. The van der Waals surface area contributed by atoms with Crippen LogP contribution in [0.1, 0.15) is 56.2 Å². The molecule has 0 saturated heterocycles. The number of hydrogen-bond acceptors (Lipinski definition) is 2. The zero-order chi connectivity index (χ0) is 15.4. The quantitative estimate of drug-likeness (QED) is 0.887. The molecule has 0 bridgehead atoms. The van der Waals surface area contributed by atoms with Crippen LogP contribution < -0.4 is 5.73 Å². The lowest BCUT2D eigenvalue weighted by Crippen LogP contribution is -2.40. The number of hydrogen-bond donors (Lipinski definition) is 1. The summed E-state index contributed by atoms with van der Waals surface area (Å²) in [5.41, 5.74) is 7.82. The predicted molar refractivity (Wildman–Crippen MR) is 86.7 cm³/mol. The van der Waals surface area contributed by atoms with Crippen LogP contribution in [0.3, 0.4) is 0 Å². The maximum Gasteiger partial charge on any atom is 0.126 e. The van der Waals surface area contributed by atoms with Gasteiger partial charge in [0.2, 0.25) is 0 Å². The topological polar surface area (TPSA) is 29.3 Å². The Balaban J connectivity index is 1.87. The average molecular weight is 292 g/mol. The van der Waals surface area contributed by atoms with Gasteiger partial charge in [0.1, 0.15) is 5.82 Å². The zero-order valence-corrected chi connectivity index (χ0v) is 13.6. The van der Waals surface area contributed by atoms with E-state index in [2.05, 4.69) is 18.9 Å². The van der Waals surface area contributed by atoms with Crippen molar-refractivity contribution in [1.29, 1.82) is 0 Å². The van der Waals surface area contributed by atoms with Gasteiger partial charge in [0.15, 0.2) is 0 Å². The molecule has 0 aromatic heterocycles. The molecule has 3 unspecified atom stereocenters. The lowest BCUT2D eigenvalue weighted by atomic mass is 9.85. The van der Waals surface area contributed by atoms with Crippen LogP contribution >= 0.6 is 0 Å². The first-order valence-electron chi connectivity index (χ1n) is 8.21. The standard InChI is InChI=1S/C18H29FN2/c1-13-8-9-15(12-16(13)19)17(20)10-11-21(3)18-7-5-4-6-14(18)2/h8-9,12,14,17-18H,4-7,10-11,20H2,1-3H3.